The molecule has 0 spiro atoms. The first-order valence-electron chi connectivity index (χ1n) is 12.5. The van der Waals surface area contributed by atoms with Gasteiger partial charge in [-0.2, -0.15) is 0 Å². The summed E-state index contributed by atoms with van der Waals surface area (Å²) in [6.45, 7) is 6.84. The van der Waals surface area contributed by atoms with Gasteiger partial charge in [0.25, 0.3) is 11.8 Å². The predicted molar refractivity (Wildman–Crippen MR) is 166 cm³/mol. The standard InChI is InChI=1S/C27H27Cl4N5O4S/c1-27(2,3)40-26(39)36-8-6-35(7-9-36)19-11-17(30)10-18(23(37)33-20-5-4-16(29)13-32-20)21(19)24(38)34-25-22(31)15(12-28)14-41-25/h4-5,10-11,13-14H,6-9,12H2,1-3H3,(H,34,38)(H,32,33,37). The molecule has 1 saturated heterocycles. The molecule has 9 nitrogen and oxygen atoms in total. The average molecular weight is 659 g/mol. The van der Waals surface area contributed by atoms with Crippen LogP contribution in [0, 0.1) is 0 Å². The highest BCUT2D eigenvalue weighted by Crippen LogP contribution is 2.36. The van der Waals surface area contributed by atoms with Gasteiger partial charge in [-0.1, -0.05) is 34.8 Å². The predicted octanol–water partition coefficient (Wildman–Crippen LogP) is 7.40. The van der Waals surface area contributed by atoms with E-state index in [-0.39, 0.29) is 27.8 Å². The fourth-order valence-electron chi connectivity index (χ4n) is 4.07. The first kappa shape index (κ1) is 31.2. The Bertz CT molecular complexity index is 1450. The Morgan fingerprint density at radius 1 is 1.00 bits per heavy atom. The van der Waals surface area contributed by atoms with E-state index in [9.17, 15) is 14.4 Å². The number of aromatic nitrogens is 1. The van der Waals surface area contributed by atoms with Crippen LogP contribution in [0.1, 0.15) is 47.1 Å². The third-order valence-corrected chi connectivity index (χ3v) is 8.18. The first-order chi connectivity index (χ1) is 19.4. The summed E-state index contributed by atoms with van der Waals surface area (Å²) in [7, 11) is 0. The molecule has 1 fully saturated rings. The fraction of sp³-hybridized carbons (Fsp3) is 0.333. The molecule has 3 heterocycles. The van der Waals surface area contributed by atoms with Gasteiger partial charge in [-0.15, -0.1) is 22.9 Å². The van der Waals surface area contributed by atoms with Crippen LogP contribution in [0.15, 0.2) is 35.8 Å². The van der Waals surface area contributed by atoms with Crippen molar-refractivity contribution in [3.8, 4) is 0 Å². The molecule has 14 heteroatoms. The average Bonchev–Trinajstić information content (AvgIpc) is 3.27. The van der Waals surface area contributed by atoms with Gasteiger partial charge in [-0.3, -0.25) is 9.59 Å². The number of ether oxygens (including phenoxy) is 1. The van der Waals surface area contributed by atoms with Gasteiger partial charge in [0.2, 0.25) is 0 Å². The number of carbonyl (C=O) groups excluding carboxylic acids is 3. The largest absolute Gasteiger partial charge is 0.444 e. The minimum Gasteiger partial charge on any atom is -0.444 e. The van der Waals surface area contributed by atoms with Crippen molar-refractivity contribution in [2.24, 2.45) is 0 Å². The van der Waals surface area contributed by atoms with Gasteiger partial charge >= 0.3 is 6.09 Å². The second kappa shape index (κ2) is 13.0. The van der Waals surface area contributed by atoms with Crippen molar-refractivity contribution in [2.45, 2.75) is 32.3 Å². The van der Waals surface area contributed by atoms with Crippen LogP contribution in [-0.4, -0.2) is 59.6 Å². The summed E-state index contributed by atoms with van der Waals surface area (Å²) in [6.07, 6.45) is 0.977. The Labute approximate surface area is 261 Å². The zero-order valence-corrected chi connectivity index (χ0v) is 26.2. The number of thiophene rings is 1. The molecule has 0 saturated carbocycles. The quantitative estimate of drug-likeness (QED) is 0.268. The molecule has 2 aromatic heterocycles. The lowest BCUT2D eigenvalue weighted by atomic mass is 10.0. The lowest BCUT2D eigenvalue weighted by Crippen LogP contribution is -2.50. The summed E-state index contributed by atoms with van der Waals surface area (Å²) < 4.78 is 5.50. The van der Waals surface area contributed by atoms with Crippen LogP contribution in [-0.2, 0) is 10.6 Å². The van der Waals surface area contributed by atoms with Crippen LogP contribution >= 0.6 is 57.7 Å². The molecule has 3 amide bonds. The topological polar surface area (TPSA) is 104 Å². The number of rotatable bonds is 6. The molecule has 218 valence electrons. The van der Waals surface area contributed by atoms with E-state index in [1.165, 1.54) is 23.6 Å². The number of hydrogen-bond acceptors (Lipinski definition) is 7. The molecule has 0 atom stereocenters. The number of piperazine rings is 1. The molecule has 0 unspecified atom stereocenters. The summed E-state index contributed by atoms with van der Waals surface area (Å²) in [5.74, 6) is -0.738. The lowest BCUT2D eigenvalue weighted by molar-refractivity contribution is 0.0240. The van der Waals surface area contributed by atoms with Gasteiger partial charge in [0.15, 0.2) is 0 Å². The van der Waals surface area contributed by atoms with Gasteiger partial charge in [0.05, 0.1) is 26.9 Å². The van der Waals surface area contributed by atoms with E-state index < -0.39 is 23.5 Å². The Kier molecular flexibility index (Phi) is 9.92. The number of nitrogens with one attached hydrogen (secondary N) is 2. The molecule has 1 aromatic carbocycles. The molecule has 0 bridgehead atoms. The van der Waals surface area contributed by atoms with Crippen molar-refractivity contribution in [3.63, 3.8) is 0 Å². The number of carbonyl (C=O) groups is 3. The lowest BCUT2D eigenvalue weighted by Gasteiger charge is -2.37. The monoisotopic (exact) mass is 657 g/mol. The van der Waals surface area contributed by atoms with E-state index in [4.69, 9.17) is 51.1 Å². The zero-order chi connectivity index (χ0) is 29.9. The number of pyridine rings is 1. The van der Waals surface area contributed by atoms with Crippen LogP contribution in [0.5, 0.6) is 0 Å². The second-order valence-electron chi connectivity index (χ2n) is 10.1. The molecular formula is C27H27Cl4N5O4S. The van der Waals surface area contributed by atoms with Crippen molar-refractivity contribution in [3.05, 3.63) is 67.6 Å². The highest BCUT2D eigenvalue weighted by atomic mass is 35.5. The number of anilines is 3. The number of benzene rings is 1. The second-order valence-corrected chi connectivity index (χ2v) is 12.5. The third kappa shape index (κ3) is 7.75. The van der Waals surface area contributed by atoms with E-state index in [0.717, 1.165) is 0 Å². The maximum Gasteiger partial charge on any atom is 0.410 e. The van der Waals surface area contributed by atoms with E-state index in [2.05, 4.69) is 15.6 Å². The number of halogens is 4. The maximum absolute atomic E-state index is 13.8. The highest BCUT2D eigenvalue weighted by Gasteiger charge is 2.31. The van der Waals surface area contributed by atoms with Crippen molar-refractivity contribution < 1.29 is 19.1 Å². The molecule has 1 aliphatic rings. The van der Waals surface area contributed by atoms with Crippen LogP contribution < -0.4 is 15.5 Å². The van der Waals surface area contributed by atoms with E-state index in [1.807, 2.05) is 4.90 Å². The van der Waals surface area contributed by atoms with Crippen LogP contribution in [0.25, 0.3) is 0 Å². The van der Waals surface area contributed by atoms with Crippen molar-refractivity contribution in [1.29, 1.82) is 0 Å². The third-order valence-electron chi connectivity index (χ3n) is 5.97. The Balaban J connectivity index is 1.68. The fourth-order valence-corrected chi connectivity index (χ4v) is 5.98. The van der Waals surface area contributed by atoms with Gasteiger partial charge in [0.1, 0.15) is 16.4 Å². The molecule has 1 aliphatic heterocycles. The zero-order valence-electron chi connectivity index (χ0n) is 22.4. The molecule has 4 rings (SSSR count). The summed E-state index contributed by atoms with van der Waals surface area (Å²) in [6, 6.07) is 6.17. The molecule has 2 N–H and O–H groups in total. The van der Waals surface area contributed by atoms with Gasteiger partial charge in [0, 0.05) is 43.3 Å². The van der Waals surface area contributed by atoms with Crippen LogP contribution in [0.4, 0.5) is 21.3 Å². The molecule has 0 aliphatic carbocycles. The normalized spacial score (nSPS) is 13.6. The van der Waals surface area contributed by atoms with E-state index in [1.54, 1.807) is 49.3 Å². The first-order valence-corrected chi connectivity index (χ1v) is 15.0. The van der Waals surface area contributed by atoms with E-state index >= 15 is 0 Å². The van der Waals surface area contributed by atoms with Crippen LogP contribution in [0.3, 0.4) is 0 Å². The Morgan fingerprint density at radius 2 is 1.71 bits per heavy atom. The van der Waals surface area contributed by atoms with Crippen LogP contribution in [0.2, 0.25) is 15.1 Å². The smallest absolute Gasteiger partial charge is 0.410 e. The summed E-state index contributed by atoms with van der Waals surface area (Å²) in [5.41, 5.74) is 0.596. The van der Waals surface area contributed by atoms with E-state index in [0.29, 0.717) is 52.5 Å². The molecule has 3 aromatic rings. The van der Waals surface area contributed by atoms with Crippen molar-refractivity contribution in [1.82, 2.24) is 9.88 Å². The SMILES string of the molecule is CC(C)(C)OC(=O)N1CCN(c2cc(Cl)cc(C(=O)Nc3ccc(Cl)cn3)c2C(=O)Nc2scc(CCl)c2Cl)CC1. The minimum absolute atomic E-state index is 0.0292. The number of amides is 3. The van der Waals surface area contributed by atoms with Gasteiger partial charge in [-0.05, 0) is 56.0 Å². The number of alkyl halides is 1. The van der Waals surface area contributed by atoms with Gasteiger partial charge in [-0.25, -0.2) is 9.78 Å². The molecule has 41 heavy (non-hydrogen) atoms. The van der Waals surface area contributed by atoms with Crippen molar-refractivity contribution >= 4 is 92.2 Å². The van der Waals surface area contributed by atoms with Gasteiger partial charge < -0.3 is 25.2 Å². The van der Waals surface area contributed by atoms with Crippen molar-refractivity contribution in [2.75, 3.05) is 41.7 Å². The number of hydrogen-bond donors (Lipinski definition) is 2. The molecule has 0 radical (unpaired) electrons. The minimum atomic E-state index is -0.625. The number of nitrogens with zero attached hydrogens (tertiary/aromatic N) is 3. The maximum atomic E-state index is 13.8. The summed E-state index contributed by atoms with van der Waals surface area (Å²) >= 11 is 26.0. The summed E-state index contributed by atoms with van der Waals surface area (Å²) in [4.78, 5) is 47.5. The summed E-state index contributed by atoms with van der Waals surface area (Å²) in [5, 5.41) is 8.65. The Morgan fingerprint density at radius 3 is 2.29 bits per heavy atom. The Hall–Kier alpha value is -2.76. The molecular weight excluding hydrogens is 632 g/mol. The highest BCUT2D eigenvalue weighted by molar-refractivity contribution is 7.15.